The summed E-state index contributed by atoms with van der Waals surface area (Å²) in [5.74, 6) is 1.23. The van der Waals surface area contributed by atoms with E-state index in [0.717, 1.165) is 56.5 Å². The summed E-state index contributed by atoms with van der Waals surface area (Å²) in [6.07, 6.45) is 10.1. The number of piperidine rings is 1. The number of anilines is 1. The molecule has 10 heteroatoms. The van der Waals surface area contributed by atoms with Crippen molar-refractivity contribution in [2.24, 2.45) is 0 Å². The number of sulfone groups is 1. The van der Waals surface area contributed by atoms with Gasteiger partial charge in [0.2, 0.25) is 5.95 Å². The maximum Gasteiger partial charge on any atom is 0.258 e. The molecule has 0 saturated carbocycles. The number of halogens is 1. The van der Waals surface area contributed by atoms with Gasteiger partial charge in [-0.3, -0.25) is 9.36 Å². The first-order valence-corrected chi connectivity index (χ1v) is 13.5. The van der Waals surface area contributed by atoms with Crippen LogP contribution in [0.25, 0.3) is 5.69 Å². The Bertz CT molecular complexity index is 1320. The zero-order valence-electron chi connectivity index (χ0n) is 19.1. The number of nitrogens with zero attached hydrogens (tertiary/aromatic N) is 4. The molecule has 0 N–H and O–H groups in total. The van der Waals surface area contributed by atoms with Crippen LogP contribution >= 0.6 is 11.6 Å². The van der Waals surface area contributed by atoms with Crippen LogP contribution in [0.1, 0.15) is 31.7 Å². The number of benzene rings is 1. The van der Waals surface area contributed by atoms with E-state index in [1.54, 1.807) is 12.3 Å². The van der Waals surface area contributed by atoms with Crippen LogP contribution in [-0.4, -0.2) is 48.4 Å². The average Bonchev–Trinajstić information content (AvgIpc) is 2.80. The third-order valence-electron chi connectivity index (χ3n) is 5.76. The lowest BCUT2D eigenvalue weighted by atomic mass is 10.1. The smallest absolute Gasteiger partial charge is 0.258 e. The fourth-order valence-electron chi connectivity index (χ4n) is 3.94. The van der Waals surface area contributed by atoms with Gasteiger partial charge in [-0.05, 0) is 36.2 Å². The van der Waals surface area contributed by atoms with Gasteiger partial charge in [0.15, 0.2) is 9.84 Å². The van der Waals surface area contributed by atoms with Crippen LogP contribution in [0, 0.1) is 0 Å². The predicted octanol–water partition coefficient (Wildman–Crippen LogP) is 3.68. The standard InChI is InChI=1S/C24H27ClN4O4S/c1-3-4-17-15-26-24(27-16-17)28-10-7-18(8-11-28)33-19-9-12-29(23(30)13-19)22-6-5-20(14-21(22)25)34(2,31)32/h5-6,9,12-16,18H,3-4,7-8,10-11H2,1-2H3. The summed E-state index contributed by atoms with van der Waals surface area (Å²) in [5.41, 5.74) is 1.24. The van der Waals surface area contributed by atoms with E-state index in [9.17, 15) is 13.2 Å². The van der Waals surface area contributed by atoms with Gasteiger partial charge in [-0.25, -0.2) is 18.4 Å². The summed E-state index contributed by atoms with van der Waals surface area (Å²) in [6, 6.07) is 7.43. The van der Waals surface area contributed by atoms with Crippen LogP contribution in [0.3, 0.4) is 0 Å². The van der Waals surface area contributed by atoms with Crippen molar-refractivity contribution >= 4 is 27.4 Å². The third kappa shape index (κ3) is 5.59. The zero-order valence-corrected chi connectivity index (χ0v) is 20.7. The molecule has 3 heterocycles. The molecule has 8 nitrogen and oxygen atoms in total. The van der Waals surface area contributed by atoms with Crippen molar-refractivity contribution in [3.63, 3.8) is 0 Å². The summed E-state index contributed by atoms with van der Waals surface area (Å²) in [5, 5.41) is 0.177. The van der Waals surface area contributed by atoms with Crippen molar-refractivity contribution < 1.29 is 13.2 Å². The van der Waals surface area contributed by atoms with Crippen molar-refractivity contribution in [2.45, 2.75) is 43.6 Å². The highest BCUT2D eigenvalue weighted by Gasteiger charge is 2.22. The highest BCUT2D eigenvalue weighted by Crippen LogP contribution is 2.25. The van der Waals surface area contributed by atoms with Crippen molar-refractivity contribution in [1.29, 1.82) is 0 Å². The number of rotatable bonds is 7. The van der Waals surface area contributed by atoms with Crippen LogP contribution in [0.15, 0.2) is 58.6 Å². The molecule has 0 radical (unpaired) electrons. The van der Waals surface area contributed by atoms with Crippen molar-refractivity contribution in [2.75, 3.05) is 24.2 Å². The molecule has 34 heavy (non-hydrogen) atoms. The van der Waals surface area contributed by atoms with Crippen molar-refractivity contribution in [1.82, 2.24) is 14.5 Å². The highest BCUT2D eigenvalue weighted by molar-refractivity contribution is 7.90. The van der Waals surface area contributed by atoms with Crippen molar-refractivity contribution in [3.8, 4) is 11.4 Å². The van der Waals surface area contributed by atoms with Gasteiger partial charge in [0.05, 0.1) is 15.6 Å². The van der Waals surface area contributed by atoms with E-state index in [2.05, 4.69) is 21.8 Å². The van der Waals surface area contributed by atoms with E-state index in [-0.39, 0.29) is 21.6 Å². The molecule has 1 saturated heterocycles. The Morgan fingerprint density at radius 2 is 1.82 bits per heavy atom. The Labute approximate surface area is 204 Å². The molecule has 180 valence electrons. The molecule has 0 bridgehead atoms. The normalized spacial score (nSPS) is 14.9. The summed E-state index contributed by atoms with van der Waals surface area (Å²) in [6.45, 7) is 3.68. The fraction of sp³-hybridized carbons (Fsp3) is 0.375. The lowest BCUT2D eigenvalue weighted by molar-refractivity contribution is 0.170. The Kier molecular flexibility index (Phi) is 7.23. The number of ether oxygens (including phenoxy) is 1. The van der Waals surface area contributed by atoms with Gasteiger partial charge in [-0.2, -0.15) is 0 Å². The van der Waals surface area contributed by atoms with Crippen molar-refractivity contribution in [3.05, 3.63) is 69.9 Å². The topological polar surface area (TPSA) is 94.4 Å². The monoisotopic (exact) mass is 502 g/mol. The molecule has 1 fully saturated rings. The SMILES string of the molecule is CCCc1cnc(N2CCC(Oc3ccn(-c4ccc(S(C)(=O)=O)cc4Cl)c(=O)c3)CC2)nc1. The van der Waals surface area contributed by atoms with Crippen LogP contribution in [0.2, 0.25) is 5.02 Å². The molecule has 1 aliphatic heterocycles. The average molecular weight is 503 g/mol. The Balaban J connectivity index is 1.39. The Morgan fingerprint density at radius 3 is 2.41 bits per heavy atom. The number of pyridine rings is 1. The fourth-order valence-corrected chi connectivity index (χ4v) is 4.93. The van der Waals surface area contributed by atoms with Crippen LogP contribution in [-0.2, 0) is 16.3 Å². The lowest BCUT2D eigenvalue weighted by Crippen LogP contribution is -2.39. The molecule has 4 rings (SSSR count). The van der Waals surface area contributed by atoms with Gasteiger partial charge in [-0.1, -0.05) is 24.9 Å². The molecular weight excluding hydrogens is 476 g/mol. The van der Waals surface area contributed by atoms with Crippen LogP contribution in [0.5, 0.6) is 5.75 Å². The van der Waals surface area contributed by atoms with E-state index in [1.165, 1.54) is 28.8 Å². The van der Waals surface area contributed by atoms with E-state index in [4.69, 9.17) is 16.3 Å². The maximum absolute atomic E-state index is 12.7. The van der Waals surface area contributed by atoms with Gasteiger partial charge in [0.25, 0.3) is 5.56 Å². The van der Waals surface area contributed by atoms with Crippen LogP contribution < -0.4 is 15.2 Å². The van der Waals surface area contributed by atoms with Gasteiger partial charge >= 0.3 is 0 Å². The predicted molar refractivity (Wildman–Crippen MR) is 132 cm³/mol. The minimum atomic E-state index is -3.39. The van der Waals surface area contributed by atoms with Gasteiger partial charge in [-0.15, -0.1) is 0 Å². The molecule has 0 aliphatic carbocycles. The first kappa shape index (κ1) is 24.2. The minimum Gasteiger partial charge on any atom is -0.490 e. The summed E-state index contributed by atoms with van der Waals surface area (Å²) >= 11 is 6.26. The number of hydrogen-bond acceptors (Lipinski definition) is 7. The maximum atomic E-state index is 12.7. The van der Waals surface area contributed by atoms with Gasteiger partial charge in [0, 0.05) is 56.8 Å². The number of aryl methyl sites for hydroxylation is 1. The minimum absolute atomic E-state index is 0.0107. The third-order valence-corrected chi connectivity index (χ3v) is 7.17. The molecule has 1 aromatic carbocycles. The first-order valence-electron chi connectivity index (χ1n) is 11.2. The summed E-state index contributed by atoms with van der Waals surface area (Å²) in [4.78, 5) is 23.9. The second kappa shape index (κ2) is 10.1. The summed E-state index contributed by atoms with van der Waals surface area (Å²) in [7, 11) is -3.39. The highest BCUT2D eigenvalue weighted by atomic mass is 35.5. The summed E-state index contributed by atoms with van der Waals surface area (Å²) < 4.78 is 30.9. The molecule has 1 aliphatic rings. The molecular formula is C24H27ClN4O4S. The molecule has 0 amide bonds. The van der Waals surface area contributed by atoms with Crippen LogP contribution in [0.4, 0.5) is 5.95 Å². The second-order valence-corrected chi connectivity index (χ2v) is 10.8. The lowest BCUT2D eigenvalue weighted by Gasteiger charge is -2.32. The van der Waals surface area contributed by atoms with E-state index >= 15 is 0 Å². The molecule has 0 spiro atoms. The number of hydrogen-bond donors (Lipinski definition) is 0. The van der Waals surface area contributed by atoms with E-state index in [1.807, 2.05) is 12.4 Å². The zero-order chi connectivity index (χ0) is 24.3. The Morgan fingerprint density at radius 1 is 1.12 bits per heavy atom. The number of aromatic nitrogens is 3. The largest absolute Gasteiger partial charge is 0.490 e. The molecule has 3 aromatic rings. The Hall–Kier alpha value is -2.91. The second-order valence-electron chi connectivity index (χ2n) is 8.40. The molecule has 0 unspecified atom stereocenters. The van der Waals surface area contributed by atoms with Gasteiger partial charge < -0.3 is 9.64 Å². The van der Waals surface area contributed by atoms with E-state index in [0.29, 0.717) is 11.4 Å². The van der Waals surface area contributed by atoms with Gasteiger partial charge in [0.1, 0.15) is 11.9 Å². The molecule has 0 atom stereocenters. The molecule has 2 aromatic heterocycles. The van der Waals surface area contributed by atoms with E-state index < -0.39 is 9.84 Å². The first-order chi connectivity index (χ1) is 16.2. The quantitative estimate of drug-likeness (QED) is 0.486.